The smallest absolute Gasteiger partial charge is 0.306 e. The summed E-state index contributed by atoms with van der Waals surface area (Å²) in [6, 6.07) is 9.87. The number of hydrogen-bond acceptors (Lipinski definition) is 10. The van der Waals surface area contributed by atoms with E-state index in [4.69, 9.17) is 4.74 Å². The molecule has 2 heterocycles. The first kappa shape index (κ1) is 52.3. The number of carbonyl (C=O) groups excluding carboxylic acids is 9. The van der Waals surface area contributed by atoms with Gasteiger partial charge in [0, 0.05) is 38.8 Å². The first-order valence-corrected chi connectivity index (χ1v) is 22.9. The van der Waals surface area contributed by atoms with Crippen LogP contribution in [-0.4, -0.2) is 119 Å². The van der Waals surface area contributed by atoms with Crippen molar-refractivity contribution in [3.63, 3.8) is 0 Å². The minimum Gasteiger partial charge on any atom is -0.460 e. The second-order valence-electron chi connectivity index (χ2n) is 18.5. The van der Waals surface area contributed by atoms with E-state index in [1.807, 2.05) is 19.9 Å². The fourth-order valence-corrected chi connectivity index (χ4v) is 7.74. The first-order valence-electron chi connectivity index (χ1n) is 22.9. The van der Waals surface area contributed by atoms with Crippen LogP contribution in [0.25, 0.3) is 0 Å². The van der Waals surface area contributed by atoms with Crippen LogP contribution in [-0.2, 0) is 60.7 Å². The minimum absolute atomic E-state index is 0.0390. The van der Waals surface area contributed by atoms with E-state index >= 15 is 0 Å². The number of nitrogens with zero attached hydrogens (tertiary/aromatic N) is 1. The maximum absolute atomic E-state index is 14.3. The highest BCUT2D eigenvalue weighted by molar-refractivity contribution is 5.98. The van der Waals surface area contributed by atoms with Crippen molar-refractivity contribution in [2.24, 2.45) is 5.92 Å². The molecule has 7 atom stereocenters. The predicted molar refractivity (Wildman–Crippen MR) is 245 cm³/mol. The molecule has 2 aliphatic rings. The van der Waals surface area contributed by atoms with Crippen LogP contribution in [0.5, 0.6) is 0 Å². The van der Waals surface area contributed by atoms with Crippen molar-refractivity contribution in [3.8, 4) is 0 Å². The monoisotopic (exact) mass is 917 g/mol. The molecule has 18 nitrogen and oxygen atoms in total. The Bertz CT molecular complexity index is 2030. The third-order valence-electron chi connectivity index (χ3n) is 11.1. The zero-order valence-electron chi connectivity index (χ0n) is 39.2. The van der Waals surface area contributed by atoms with E-state index in [0.29, 0.717) is 12.0 Å². The average molecular weight is 917 g/mol. The van der Waals surface area contributed by atoms with Gasteiger partial charge in [-0.05, 0) is 83.8 Å². The minimum atomic E-state index is -1.37. The van der Waals surface area contributed by atoms with Gasteiger partial charge in [0.15, 0.2) is 0 Å². The summed E-state index contributed by atoms with van der Waals surface area (Å²) in [7, 11) is 0. The maximum Gasteiger partial charge on any atom is 0.306 e. The van der Waals surface area contributed by atoms with E-state index in [0.717, 1.165) is 5.56 Å². The zero-order chi connectivity index (χ0) is 48.6. The Hall–Kier alpha value is -6.33. The summed E-state index contributed by atoms with van der Waals surface area (Å²) in [4.78, 5) is 125. The maximum atomic E-state index is 14.3. The second kappa shape index (κ2) is 24.8. The lowest BCUT2D eigenvalue weighted by atomic mass is 10.00. The van der Waals surface area contributed by atoms with Gasteiger partial charge >= 0.3 is 5.97 Å². The Morgan fingerprint density at radius 2 is 1.17 bits per heavy atom. The number of esters is 1. The zero-order valence-corrected chi connectivity index (χ0v) is 39.2. The lowest BCUT2D eigenvalue weighted by Crippen LogP contribution is -2.60. The van der Waals surface area contributed by atoms with Crippen molar-refractivity contribution in [1.29, 1.82) is 0 Å². The van der Waals surface area contributed by atoms with Gasteiger partial charge in [0.25, 0.3) is 0 Å². The second-order valence-corrected chi connectivity index (χ2v) is 18.5. The molecular weight excluding hydrogens is 849 g/mol. The van der Waals surface area contributed by atoms with Crippen LogP contribution in [0, 0.1) is 5.92 Å². The number of carbonyl (C=O) groups is 9. The highest BCUT2D eigenvalue weighted by Crippen LogP contribution is 2.20. The van der Waals surface area contributed by atoms with E-state index < -0.39 is 101 Å². The predicted octanol–water partition coefficient (Wildman–Crippen LogP) is 1.49. The van der Waals surface area contributed by atoms with Crippen LogP contribution in [0.15, 0.2) is 60.7 Å². The normalized spacial score (nSPS) is 25.0. The van der Waals surface area contributed by atoms with E-state index in [9.17, 15) is 43.2 Å². The molecule has 18 heteroatoms. The lowest BCUT2D eigenvalue weighted by molar-refractivity contribution is -0.155. The van der Waals surface area contributed by atoms with Gasteiger partial charge in [0.2, 0.25) is 47.3 Å². The van der Waals surface area contributed by atoms with Gasteiger partial charge < -0.3 is 46.9 Å². The quantitative estimate of drug-likeness (QED) is 0.179. The van der Waals surface area contributed by atoms with Crippen LogP contribution < -0.4 is 37.2 Å². The Labute approximate surface area is 387 Å². The van der Waals surface area contributed by atoms with E-state index in [-0.39, 0.29) is 70.4 Å². The number of nitrogens with one attached hydrogen (secondary N) is 7. The molecule has 360 valence electrons. The van der Waals surface area contributed by atoms with Gasteiger partial charge in [-0.15, -0.1) is 0 Å². The van der Waals surface area contributed by atoms with Crippen LogP contribution in [0.3, 0.4) is 0 Å². The molecule has 0 saturated carbocycles. The molecule has 66 heavy (non-hydrogen) atoms. The molecule has 2 aromatic rings. The van der Waals surface area contributed by atoms with Gasteiger partial charge in [-0.3, -0.25) is 43.2 Å². The number of benzene rings is 2. The molecule has 0 radical (unpaired) electrons. The molecule has 4 rings (SSSR count). The molecule has 2 aliphatic heterocycles. The van der Waals surface area contributed by atoms with Crippen molar-refractivity contribution in [1.82, 2.24) is 42.1 Å². The molecule has 0 bridgehead atoms. The summed E-state index contributed by atoms with van der Waals surface area (Å²) in [5.74, 6) is -5.80. The van der Waals surface area contributed by atoms with Crippen molar-refractivity contribution >= 4 is 53.2 Å². The van der Waals surface area contributed by atoms with Crippen molar-refractivity contribution in [2.75, 3.05) is 13.1 Å². The fourth-order valence-electron chi connectivity index (χ4n) is 7.74. The topological polar surface area (TPSA) is 250 Å². The first-order chi connectivity index (χ1) is 31.2. The van der Waals surface area contributed by atoms with Crippen molar-refractivity contribution in [3.05, 3.63) is 71.8 Å². The molecule has 2 aromatic carbocycles. The molecule has 2 fully saturated rings. The number of hydrogen-bond donors (Lipinski definition) is 7. The van der Waals surface area contributed by atoms with Gasteiger partial charge in [0.1, 0.15) is 47.9 Å². The van der Waals surface area contributed by atoms with E-state index in [2.05, 4.69) is 37.2 Å². The van der Waals surface area contributed by atoms with E-state index in [1.54, 1.807) is 75.4 Å². The SMILES string of the molecule is CC(C)C[C@@H]1NC(=O)[C@H](CCC(=O)OC(C)(C)C)NC(=O)C2CCCN2C(=O)[C@H](C)NC(=O)[C@H](Cc2ccccc2)NC(=O)CCCNC(=O)[C@H](C)NC(=O)[C@H](Cc2ccccc2)NC1=O. The summed E-state index contributed by atoms with van der Waals surface area (Å²) in [5.41, 5.74) is 0.629. The van der Waals surface area contributed by atoms with Gasteiger partial charge in [0.05, 0.1) is 0 Å². The van der Waals surface area contributed by atoms with Crippen molar-refractivity contribution < 1.29 is 47.9 Å². The summed E-state index contributed by atoms with van der Waals surface area (Å²) < 4.78 is 5.48. The average Bonchev–Trinajstić information content (AvgIpc) is 3.75. The number of fused-ring (bicyclic) bond motifs is 1. The highest BCUT2D eigenvalue weighted by Gasteiger charge is 2.39. The Morgan fingerprint density at radius 1 is 0.652 bits per heavy atom. The number of rotatable bonds is 9. The fraction of sp³-hybridized carbons (Fsp3) is 0.562. The van der Waals surface area contributed by atoms with Crippen LogP contribution in [0.1, 0.15) is 105 Å². The molecular formula is C48H68N8O10. The molecule has 0 aliphatic carbocycles. The van der Waals surface area contributed by atoms with Gasteiger partial charge in [-0.2, -0.15) is 0 Å². The van der Waals surface area contributed by atoms with Crippen molar-refractivity contribution in [2.45, 2.75) is 154 Å². The van der Waals surface area contributed by atoms with Crippen LogP contribution >= 0.6 is 0 Å². The Kier molecular flexibility index (Phi) is 19.7. The third-order valence-corrected chi connectivity index (χ3v) is 11.1. The largest absolute Gasteiger partial charge is 0.460 e. The molecule has 1 unspecified atom stereocenters. The number of ether oxygens (including phenoxy) is 1. The summed E-state index contributed by atoms with van der Waals surface area (Å²) >= 11 is 0. The summed E-state index contributed by atoms with van der Waals surface area (Å²) in [5, 5.41) is 19.1. The molecule has 8 amide bonds. The number of amides is 8. The highest BCUT2D eigenvalue weighted by atomic mass is 16.6. The Morgan fingerprint density at radius 3 is 1.74 bits per heavy atom. The van der Waals surface area contributed by atoms with Crippen LogP contribution in [0.2, 0.25) is 0 Å². The van der Waals surface area contributed by atoms with Crippen LogP contribution in [0.4, 0.5) is 0 Å². The molecule has 0 aromatic heterocycles. The molecule has 0 spiro atoms. The summed E-state index contributed by atoms with van der Waals surface area (Å²) in [6.45, 7) is 12.0. The standard InChI is InChI=1S/C48H68N8O10/c1-29(2)26-35-45(63)55-37(28-33-18-12-9-13-19-33)44(62)50-30(3)41(59)49-24-14-21-39(57)52-36(27-32-16-10-8-11-17-32)43(61)51-31(4)47(65)56-25-15-20-38(56)46(64)53-34(42(60)54-35)22-23-40(58)66-48(5,6)7/h8-13,16-19,29-31,34-38H,14-15,20-28H2,1-7H3,(H,49,59)(H,50,62)(H,51,61)(H,52,57)(H,53,64)(H,54,60)(H,55,63)/t30-,31-,34-,35-,36-,37-,38?/m0/s1. The summed E-state index contributed by atoms with van der Waals surface area (Å²) in [6.07, 6.45) is 0.603. The van der Waals surface area contributed by atoms with Gasteiger partial charge in [-0.1, -0.05) is 74.5 Å². The molecule has 2 saturated heterocycles. The van der Waals surface area contributed by atoms with Gasteiger partial charge in [-0.25, -0.2) is 0 Å². The molecule has 7 N–H and O–H groups in total. The Balaban J connectivity index is 1.68. The lowest BCUT2D eigenvalue weighted by Gasteiger charge is -2.30. The van der Waals surface area contributed by atoms with E-state index in [1.165, 1.54) is 18.7 Å². The third kappa shape index (κ3) is 16.9.